The second-order valence-electron chi connectivity index (χ2n) is 6.76. The van der Waals surface area contributed by atoms with Crippen LogP contribution in [0.3, 0.4) is 0 Å². The molecule has 2 aromatic heterocycles. The van der Waals surface area contributed by atoms with E-state index in [-0.39, 0.29) is 5.91 Å². The number of nitrogens with one attached hydrogen (secondary N) is 1. The van der Waals surface area contributed by atoms with Crippen LogP contribution in [0.1, 0.15) is 45.0 Å². The van der Waals surface area contributed by atoms with Crippen molar-refractivity contribution in [3.05, 3.63) is 39.1 Å². The van der Waals surface area contributed by atoms with Gasteiger partial charge in [0, 0.05) is 29.0 Å². The fraction of sp³-hybridized carbons (Fsp3) is 0.556. The average Bonchev–Trinajstić information content (AvgIpc) is 3.17. The Hall–Kier alpha value is -1.66. The molecule has 0 spiro atoms. The van der Waals surface area contributed by atoms with Gasteiger partial charge in [0.05, 0.1) is 24.1 Å². The molecule has 0 unspecified atom stereocenters. The number of hydrogen-bond donors (Lipinski definition) is 1. The molecule has 6 heteroatoms. The predicted molar refractivity (Wildman–Crippen MR) is 97.6 cm³/mol. The lowest BCUT2D eigenvalue weighted by Gasteiger charge is -2.25. The zero-order valence-electron chi connectivity index (χ0n) is 14.8. The van der Waals surface area contributed by atoms with Gasteiger partial charge in [0.25, 0.3) is 5.91 Å². The molecule has 5 nitrogen and oxygen atoms in total. The molecule has 1 aliphatic carbocycles. The summed E-state index contributed by atoms with van der Waals surface area (Å²) in [5.41, 5.74) is 4.20. The zero-order chi connectivity index (χ0) is 17.1. The third kappa shape index (κ3) is 3.70. The molecular formula is C18H26N4OS. The van der Waals surface area contributed by atoms with Crippen molar-refractivity contribution in [3.8, 4) is 0 Å². The normalized spacial score (nSPS) is 14.0. The standard InChI is InChI=1S/C18H26N4OS/c1-13-16(20-12-19-13)10-22(9-8-21(2)3)18(23)15-11-24-17-7-5-4-6-14(15)17/h11-12H,4-10H2,1-3H3,(H,19,20). The monoisotopic (exact) mass is 346 g/mol. The minimum Gasteiger partial charge on any atom is -0.348 e. The number of carbonyl (C=O) groups is 1. The first-order chi connectivity index (χ1) is 11.6. The van der Waals surface area contributed by atoms with Gasteiger partial charge in [-0.15, -0.1) is 11.3 Å². The van der Waals surface area contributed by atoms with Crippen LogP contribution < -0.4 is 0 Å². The molecule has 0 radical (unpaired) electrons. The van der Waals surface area contributed by atoms with E-state index in [0.717, 1.165) is 36.3 Å². The second-order valence-corrected chi connectivity index (χ2v) is 7.73. The van der Waals surface area contributed by atoms with Gasteiger partial charge in [0.2, 0.25) is 0 Å². The Morgan fingerprint density at radius 2 is 2.08 bits per heavy atom. The van der Waals surface area contributed by atoms with E-state index in [0.29, 0.717) is 13.1 Å². The quantitative estimate of drug-likeness (QED) is 0.875. The van der Waals surface area contributed by atoms with Crippen LogP contribution in [0.15, 0.2) is 11.7 Å². The molecule has 0 saturated heterocycles. The summed E-state index contributed by atoms with van der Waals surface area (Å²) < 4.78 is 0. The zero-order valence-corrected chi connectivity index (χ0v) is 15.6. The van der Waals surface area contributed by atoms with Crippen LogP contribution in [-0.2, 0) is 19.4 Å². The molecule has 1 aliphatic rings. The van der Waals surface area contributed by atoms with Crippen LogP contribution >= 0.6 is 11.3 Å². The van der Waals surface area contributed by atoms with Crippen molar-refractivity contribution in [1.82, 2.24) is 19.8 Å². The summed E-state index contributed by atoms with van der Waals surface area (Å²) >= 11 is 1.75. The lowest BCUT2D eigenvalue weighted by molar-refractivity contribution is 0.0729. The number of carbonyl (C=O) groups excluding carboxylic acids is 1. The van der Waals surface area contributed by atoms with Crippen molar-refractivity contribution < 1.29 is 4.79 Å². The van der Waals surface area contributed by atoms with Gasteiger partial charge in [-0.2, -0.15) is 0 Å². The minimum atomic E-state index is 0.152. The maximum absolute atomic E-state index is 13.2. The van der Waals surface area contributed by atoms with E-state index in [1.54, 1.807) is 17.7 Å². The van der Waals surface area contributed by atoms with Crippen molar-refractivity contribution in [2.45, 2.75) is 39.2 Å². The number of aromatic amines is 1. The SMILES string of the molecule is Cc1[nH]cnc1CN(CCN(C)C)C(=O)c1csc2c1CCCC2. The highest BCUT2D eigenvalue weighted by atomic mass is 32.1. The number of hydrogen-bond acceptors (Lipinski definition) is 4. The van der Waals surface area contributed by atoms with Gasteiger partial charge in [-0.05, 0) is 52.3 Å². The van der Waals surface area contributed by atoms with Crippen LogP contribution in [0.2, 0.25) is 0 Å². The Kier molecular flexibility index (Phi) is 5.36. The van der Waals surface area contributed by atoms with Crippen molar-refractivity contribution in [2.75, 3.05) is 27.2 Å². The van der Waals surface area contributed by atoms with Crippen LogP contribution in [-0.4, -0.2) is 52.9 Å². The van der Waals surface area contributed by atoms with Gasteiger partial charge in [-0.1, -0.05) is 0 Å². The summed E-state index contributed by atoms with van der Waals surface area (Å²) in [7, 11) is 4.07. The minimum absolute atomic E-state index is 0.152. The molecule has 130 valence electrons. The molecule has 0 aromatic carbocycles. The molecule has 24 heavy (non-hydrogen) atoms. The lowest BCUT2D eigenvalue weighted by atomic mass is 9.95. The number of fused-ring (bicyclic) bond motifs is 1. The average molecular weight is 347 g/mol. The van der Waals surface area contributed by atoms with Crippen molar-refractivity contribution >= 4 is 17.2 Å². The van der Waals surface area contributed by atoms with Crippen LogP contribution in [0.5, 0.6) is 0 Å². The van der Waals surface area contributed by atoms with E-state index >= 15 is 0 Å². The van der Waals surface area contributed by atoms with Crippen molar-refractivity contribution in [2.24, 2.45) is 0 Å². The first-order valence-corrected chi connectivity index (χ1v) is 9.46. The fourth-order valence-corrected chi connectivity index (χ4v) is 4.26. The molecule has 1 N–H and O–H groups in total. The van der Waals surface area contributed by atoms with Gasteiger partial charge in [0.15, 0.2) is 0 Å². The number of rotatable bonds is 6. The fourth-order valence-electron chi connectivity index (χ4n) is 3.14. The molecule has 1 amide bonds. The van der Waals surface area contributed by atoms with Crippen LogP contribution in [0.4, 0.5) is 0 Å². The number of aromatic nitrogens is 2. The summed E-state index contributed by atoms with van der Waals surface area (Å²) in [6.07, 6.45) is 6.32. The number of amides is 1. The maximum atomic E-state index is 13.2. The summed E-state index contributed by atoms with van der Waals surface area (Å²) in [5, 5.41) is 2.07. The summed E-state index contributed by atoms with van der Waals surface area (Å²) in [6.45, 7) is 4.13. The molecule has 0 atom stereocenters. The largest absolute Gasteiger partial charge is 0.348 e. The second kappa shape index (κ2) is 7.49. The lowest BCUT2D eigenvalue weighted by Crippen LogP contribution is -2.36. The van der Waals surface area contributed by atoms with Gasteiger partial charge in [-0.25, -0.2) is 4.98 Å². The Labute approximate surface area is 147 Å². The molecule has 0 aliphatic heterocycles. The molecular weight excluding hydrogens is 320 g/mol. The number of aryl methyl sites for hydroxylation is 2. The van der Waals surface area contributed by atoms with E-state index in [1.165, 1.54) is 23.3 Å². The first kappa shape index (κ1) is 17.2. The predicted octanol–water partition coefficient (Wildman–Crippen LogP) is 2.86. The number of imidazole rings is 1. The van der Waals surface area contributed by atoms with E-state index in [9.17, 15) is 4.79 Å². The highest BCUT2D eigenvalue weighted by Crippen LogP contribution is 2.31. The highest BCUT2D eigenvalue weighted by Gasteiger charge is 2.24. The van der Waals surface area contributed by atoms with E-state index in [2.05, 4.69) is 20.2 Å². The number of thiophene rings is 1. The van der Waals surface area contributed by atoms with Gasteiger partial charge < -0.3 is 14.8 Å². The summed E-state index contributed by atoms with van der Waals surface area (Å²) in [5.74, 6) is 0.152. The van der Waals surface area contributed by atoms with Gasteiger partial charge in [-0.3, -0.25) is 4.79 Å². The van der Waals surface area contributed by atoms with Crippen LogP contribution in [0, 0.1) is 6.92 Å². The summed E-state index contributed by atoms with van der Waals surface area (Å²) in [4.78, 5) is 26.1. The molecule has 2 heterocycles. The molecule has 0 fully saturated rings. The van der Waals surface area contributed by atoms with E-state index in [1.807, 2.05) is 25.9 Å². The Balaban J connectivity index is 1.82. The first-order valence-electron chi connectivity index (χ1n) is 8.58. The van der Waals surface area contributed by atoms with Crippen molar-refractivity contribution in [1.29, 1.82) is 0 Å². The van der Waals surface area contributed by atoms with E-state index in [4.69, 9.17) is 0 Å². The van der Waals surface area contributed by atoms with Gasteiger partial charge in [0.1, 0.15) is 0 Å². The molecule has 0 bridgehead atoms. The highest BCUT2D eigenvalue weighted by molar-refractivity contribution is 7.10. The Bertz CT molecular complexity index is 704. The number of H-pyrrole nitrogens is 1. The topological polar surface area (TPSA) is 52.2 Å². The summed E-state index contributed by atoms with van der Waals surface area (Å²) in [6, 6.07) is 0. The third-order valence-electron chi connectivity index (χ3n) is 4.67. The smallest absolute Gasteiger partial charge is 0.255 e. The maximum Gasteiger partial charge on any atom is 0.255 e. The molecule has 2 aromatic rings. The molecule has 3 rings (SSSR count). The number of nitrogens with zero attached hydrogens (tertiary/aromatic N) is 3. The number of likely N-dealkylation sites (N-methyl/N-ethyl adjacent to an activating group) is 1. The Morgan fingerprint density at radius 1 is 1.29 bits per heavy atom. The Morgan fingerprint density at radius 3 is 2.79 bits per heavy atom. The van der Waals surface area contributed by atoms with Crippen LogP contribution in [0.25, 0.3) is 0 Å². The third-order valence-corrected chi connectivity index (χ3v) is 5.76. The van der Waals surface area contributed by atoms with E-state index < -0.39 is 0 Å². The van der Waals surface area contributed by atoms with Gasteiger partial charge >= 0.3 is 0 Å². The molecule has 0 saturated carbocycles. The van der Waals surface area contributed by atoms with Crippen molar-refractivity contribution in [3.63, 3.8) is 0 Å².